The van der Waals surface area contributed by atoms with Gasteiger partial charge in [0.2, 0.25) is 0 Å². The van der Waals surface area contributed by atoms with Crippen LogP contribution in [0, 0.1) is 6.92 Å². The summed E-state index contributed by atoms with van der Waals surface area (Å²) in [7, 11) is 0. The Bertz CT molecular complexity index is 701. The molecule has 3 heteroatoms. The zero-order valence-electron chi connectivity index (χ0n) is 14.2. The fourth-order valence-electron chi connectivity index (χ4n) is 3.10. The number of nitrogens with zero attached hydrogens (tertiary/aromatic N) is 2. The van der Waals surface area contributed by atoms with E-state index in [9.17, 15) is 0 Å². The van der Waals surface area contributed by atoms with Gasteiger partial charge in [-0.25, -0.2) is 0 Å². The summed E-state index contributed by atoms with van der Waals surface area (Å²) in [6.45, 7) is 7.09. The molecular formula is C20H25N3. The maximum absolute atomic E-state index is 5.86. The minimum absolute atomic E-state index is 0.232. The van der Waals surface area contributed by atoms with Crippen molar-refractivity contribution < 1.29 is 0 Å². The maximum Gasteiger partial charge on any atom is 0.0828 e. The number of hydrazone groups is 1. The molecule has 1 aliphatic rings. The molecule has 3 rings (SSSR count). The molecule has 0 spiro atoms. The highest BCUT2D eigenvalue weighted by molar-refractivity contribution is 5.90. The molecule has 23 heavy (non-hydrogen) atoms. The number of benzene rings is 2. The first-order chi connectivity index (χ1) is 11.1. The lowest BCUT2D eigenvalue weighted by Gasteiger charge is -2.25. The maximum atomic E-state index is 5.86. The Morgan fingerprint density at radius 2 is 1.83 bits per heavy atom. The zero-order valence-corrected chi connectivity index (χ0v) is 14.2. The van der Waals surface area contributed by atoms with Gasteiger partial charge in [-0.2, -0.15) is 5.10 Å². The van der Waals surface area contributed by atoms with E-state index in [1.165, 1.54) is 16.7 Å². The van der Waals surface area contributed by atoms with Gasteiger partial charge in [-0.15, -0.1) is 0 Å². The molecule has 2 N–H and O–H groups in total. The average molecular weight is 307 g/mol. The fourth-order valence-corrected chi connectivity index (χ4v) is 3.10. The van der Waals surface area contributed by atoms with Crippen molar-refractivity contribution in [2.24, 2.45) is 10.8 Å². The third kappa shape index (κ3) is 3.15. The Labute approximate surface area is 138 Å². The van der Waals surface area contributed by atoms with Crippen molar-refractivity contribution in [1.82, 2.24) is 0 Å². The SMILES string of the molecule is Cc1ccccc1N1N=C(CN)CC1c1ccc(C(C)C)cc1. The van der Waals surface area contributed by atoms with Crippen LogP contribution in [0.4, 0.5) is 5.69 Å². The predicted octanol–water partition coefficient (Wildman–Crippen LogP) is 4.38. The molecule has 2 aromatic rings. The van der Waals surface area contributed by atoms with E-state index in [4.69, 9.17) is 10.8 Å². The highest BCUT2D eigenvalue weighted by atomic mass is 15.5. The molecule has 0 amide bonds. The van der Waals surface area contributed by atoms with Crippen molar-refractivity contribution in [1.29, 1.82) is 0 Å². The summed E-state index contributed by atoms with van der Waals surface area (Å²) in [6, 6.07) is 17.6. The molecule has 0 saturated heterocycles. The van der Waals surface area contributed by atoms with E-state index in [-0.39, 0.29) is 6.04 Å². The summed E-state index contributed by atoms with van der Waals surface area (Å²) < 4.78 is 0. The van der Waals surface area contributed by atoms with Crippen LogP contribution in [0.5, 0.6) is 0 Å². The number of hydrogen-bond acceptors (Lipinski definition) is 3. The van der Waals surface area contributed by atoms with Crippen LogP contribution in [-0.2, 0) is 0 Å². The van der Waals surface area contributed by atoms with Gasteiger partial charge in [-0.1, -0.05) is 56.3 Å². The smallest absolute Gasteiger partial charge is 0.0828 e. The van der Waals surface area contributed by atoms with Crippen LogP contribution in [0.15, 0.2) is 53.6 Å². The minimum Gasteiger partial charge on any atom is -0.325 e. The van der Waals surface area contributed by atoms with Crippen molar-refractivity contribution in [3.63, 3.8) is 0 Å². The lowest BCUT2D eigenvalue weighted by atomic mass is 9.96. The fraction of sp³-hybridized carbons (Fsp3) is 0.350. The van der Waals surface area contributed by atoms with Crippen molar-refractivity contribution in [2.75, 3.05) is 11.6 Å². The molecule has 0 radical (unpaired) electrons. The average Bonchev–Trinajstić information content (AvgIpc) is 2.99. The molecule has 1 heterocycles. The molecule has 0 aromatic heterocycles. The van der Waals surface area contributed by atoms with Gasteiger partial charge in [0.05, 0.1) is 17.4 Å². The van der Waals surface area contributed by atoms with Crippen molar-refractivity contribution in [2.45, 2.75) is 39.2 Å². The number of rotatable bonds is 4. The molecule has 120 valence electrons. The van der Waals surface area contributed by atoms with E-state index in [0.29, 0.717) is 12.5 Å². The summed E-state index contributed by atoms with van der Waals surface area (Å²) in [5.41, 5.74) is 12.0. The third-order valence-electron chi connectivity index (χ3n) is 4.56. The van der Waals surface area contributed by atoms with Crippen molar-refractivity contribution in [3.05, 3.63) is 65.2 Å². The van der Waals surface area contributed by atoms with Crippen LogP contribution < -0.4 is 10.7 Å². The topological polar surface area (TPSA) is 41.6 Å². The van der Waals surface area contributed by atoms with Gasteiger partial charge in [0.25, 0.3) is 0 Å². The number of anilines is 1. The summed E-state index contributed by atoms with van der Waals surface area (Å²) >= 11 is 0. The first kappa shape index (κ1) is 15.8. The van der Waals surface area contributed by atoms with Crippen LogP contribution in [-0.4, -0.2) is 12.3 Å². The number of aryl methyl sites for hydroxylation is 1. The quantitative estimate of drug-likeness (QED) is 0.910. The summed E-state index contributed by atoms with van der Waals surface area (Å²) in [5.74, 6) is 0.552. The van der Waals surface area contributed by atoms with Crippen LogP contribution in [0.1, 0.15) is 48.9 Å². The normalized spacial score (nSPS) is 17.7. The second kappa shape index (κ2) is 6.55. The number of para-hydroxylation sites is 1. The van der Waals surface area contributed by atoms with Gasteiger partial charge >= 0.3 is 0 Å². The van der Waals surface area contributed by atoms with E-state index in [1.54, 1.807) is 0 Å². The molecule has 0 aliphatic carbocycles. The molecule has 2 aromatic carbocycles. The monoisotopic (exact) mass is 307 g/mol. The Hall–Kier alpha value is -2.13. The molecule has 0 saturated carbocycles. The zero-order chi connectivity index (χ0) is 16.4. The number of hydrogen-bond donors (Lipinski definition) is 1. The van der Waals surface area contributed by atoms with Gasteiger partial charge in [-0.05, 0) is 35.6 Å². The van der Waals surface area contributed by atoms with E-state index >= 15 is 0 Å². The van der Waals surface area contributed by atoms with E-state index in [0.717, 1.165) is 17.8 Å². The Balaban J connectivity index is 1.95. The van der Waals surface area contributed by atoms with Gasteiger partial charge in [0, 0.05) is 13.0 Å². The molecule has 1 atom stereocenters. The van der Waals surface area contributed by atoms with Gasteiger partial charge in [0.15, 0.2) is 0 Å². The van der Waals surface area contributed by atoms with Crippen LogP contribution in [0.2, 0.25) is 0 Å². The molecular weight excluding hydrogens is 282 g/mol. The Morgan fingerprint density at radius 3 is 2.43 bits per heavy atom. The largest absolute Gasteiger partial charge is 0.325 e. The van der Waals surface area contributed by atoms with Crippen LogP contribution in [0.3, 0.4) is 0 Å². The first-order valence-corrected chi connectivity index (χ1v) is 8.31. The molecule has 1 aliphatic heterocycles. The second-order valence-electron chi connectivity index (χ2n) is 6.54. The lowest BCUT2D eigenvalue weighted by Crippen LogP contribution is -2.19. The standard InChI is InChI=1S/C20H25N3/c1-14(2)16-8-10-17(11-9-16)20-12-18(13-21)22-23(20)19-7-5-4-6-15(19)3/h4-11,14,20H,12-13,21H2,1-3H3. The van der Waals surface area contributed by atoms with Gasteiger partial charge in [-0.3, -0.25) is 5.01 Å². The number of nitrogens with two attached hydrogens (primary N) is 1. The lowest BCUT2D eigenvalue weighted by molar-refractivity contribution is 0.705. The highest BCUT2D eigenvalue weighted by Crippen LogP contribution is 2.36. The summed E-state index contributed by atoms with van der Waals surface area (Å²) in [6.07, 6.45) is 0.895. The van der Waals surface area contributed by atoms with Crippen LogP contribution in [0.25, 0.3) is 0 Å². The molecule has 1 unspecified atom stereocenters. The van der Waals surface area contributed by atoms with E-state index in [2.05, 4.69) is 74.3 Å². The third-order valence-corrected chi connectivity index (χ3v) is 4.56. The molecule has 3 nitrogen and oxygen atoms in total. The Morgan fingerprint density at radius 1 is 1.13 bits per heavy atom. The molecule has 0 bridgehead atoms. The first-order valence-electron chi connectivity index (χ1n) is 8.31. The van der Waals surface area contributed by atoms with Crippen molar-refractivity contribution in [3.8, 4) is 0 Å². The Kier molecular flexibility index (Phi) is 4.49. The molecule has 0 fully saturated rings. The van der Waals surface area contributed by atoms with Crippen LogP contribution >= 0.6 is 0 Å². The summed E-state index contributed by atoms with van der Waals surface area (Å²) in [5, 5.41) is 6.92. The van der Waals surface area contributed by atoms with Gasteiger partial charge < -0.3 is 5.73 Å². The predicted molar refractivity (Wildman–Crippen MR) is 98.0 cm³/mol. The van der Waals surface area contributed by atoms with E-state index < -0.39 is 0 Å². The van der Waals surface area contributed by atoms with Crippen molar-refractivity contribution >= 4 is 11.4 Å². The van der Waals surface area contributed by atoms with E-state index in [1.807, 2.05) is 0 Å². The van der Waals surface area contributed by atoms with Gasteiger partial charge in [0.1, 0.15) is 0 Å². The second-order valence-corrected chi connectivity index (χ2v) is 6.54. The summed E-state index contributed by atoms with van der Waals surface area (Å²) in [4.78, 5) is 0. The minimum atomic E-state index is 0.232. The highest BCUT2D eigenvalue weighted by Gasteiger charge is 2.29.